The third-order valence-corrected chi connectivity index (χ3v) is 13.8. The highest BCUT2D eigenvalue weighted by Gasteiger charge is 2.21. The van der Waals surface area contributed by atoms with Gasteiger partial charge in [-0.15, -0.1) is 11.8 Å². The Morgan fingerprint density at radius 1 is 0.431 bits per heavy atom. The number of aryl methyl sites for hydroxylation is 6. The Labute approximate surface area is 399 Å². The molecule has 65 heavy (non-hydrogen) atoms. The maximum absolute atomic E-state index is 5.58. The smallest absolute Gasteiger partial charge is 0.0737 e. The molecule has 0 amide bonds. The molecule has 0 aliphatic carbocycles. The number of nitrogens with one attached hydrogen (secondary N) is 2. The third kappa shape index (κ3) is 8.20. The van der Waals surface area contributed by atoms with E-state index in [0.717, 1.165) is 89.4 Å². The fraction of sp³-hybridized carbons (Fsp3) is 0.119. The van der Waals surface area contributed by atoms with Crippen LogP contribution < -0.4 is 0 Å². The molecule has 0 atom stereocenters. The maximum Gasteiger partial charge on any atom is 0.0737 e. The van der Waals surface area contributed by atoms with Crippen LogP contribution in [-0.2, 0) is 0 Å². The second kappa shape index (κ2) is 17.4. The van der Waals surface area contributed by atoms with Gasteiger partial charge in [0, 0.05) is 63.9 Å². The zero-order valence-corrected chi connectivity index (χ0v) is 40.5. The van der Waals surface area contributed by atoms with Gasteiger partial charge in [0.2, 0.25) is 0 Å². The van der Waals surface area contributed by atoms with Crippen molar-refractivity contribution in [2.75, 3.05) is 6.26 Å². The molecular weight excluding hydrogens is 924 g/mol. The van der Waals surface area contributed by atoms with E-state index in [2.05, 4.69) is 238 Å². The van der Waals surface area contributed by atoms with E-state index in [1.807, 2.05) is 0 Å². The molecule has 0 unspecified atom stereocenters. The molecule has 8 bridgehead atoms. The summed E-state index contributed by atoms with van der Waals surface area (Å²) in [6.45, 7) is 13.2. The van der Waals surface area contributed by atoms with Gasteiger partial charge in [0.1, 0.15) is 0 Å². The number of hydrogen-bond acceptors (Lipinski definition) is 3. The minimum Gasteiger partial charge on any atom is -0.354 e. The molecule has 8 aromatic rings. The molecule has 0 saturated carbocycles. The molecule has 5 aromatic carbocycles. The molecule has 10 rings (SSSR count). The molecule has 5 heterocycles. The Hall–Kier alpha value is -6.66. The molecule has 6 heteroatoms. The first kappa shape index (κ1) is 42.3. The van der Waals surface area contributed by atoms with Crippen molar-refractivity contribution in [2.24, 2.45) is 0 Å². The monoisotopic (exact) mass is 970 g/mol. The van der Waals surface area contributed by atoms with Crippen LogP contribution >= 0.6 is 34.4 Å². The highest BCUT2D eigenvalue weighted by molar-refractivity contribution is 14.1. The summed E-state index contributed by atoms with van der Waals surface area (Å²) >= 11 is 4.10. The summed E-state index contributed by atoms with van der Waals surface area (Å²) in [5.74, 6) is 6.79. The van der Waals surface area contributed by atoms with Gasteiger partial charge >= 0.3 is 0 Å². The molecule has 2 aliphatic rings. The van der Waals surface area contributed by atoms with Gasteiger partial charge in [-0.2, -0.15) is 0 Å². The zero-order chi connectivity index (χ0) is 44.9. The highest BCUT2D eigenvalue weighted by atomic mass is 127. The van der Waals surface area contributed by atoms with Crippen LogP contribution in [0.4, 0.5) is 0 Å². The molecule has 2 N–H and O–H groups in total. The van der Waals surface area contributed by atoms with E-state index in [4.69, 9.17) is 9.97 Å². The Kier molecular flexibility index (Phi) is 11.3. The number of fused-ring (bicyclic) bond motifs is 8. The number of benzene rings is 5. The Balaban J connectivity index is 1.32. The fourth-order valence-electron chi connectivity index (χ4n) is 9.67. The topological polar surface area (TPSA) is 57.4 Å². The van der Waals surface area contributed by atoms with E-state index in [-0.39, 0.29) is 0 Å². The lowest BCUT2D eigenvalue weighted by atomic mass is 9.92. The second-order valence-corrected chi connectivity index (χ2v) is 19.2. The predicted molar refractivity (Wildman–Crippen MR) is 286 cm³/mol. The Bertz CT molecular complexity index is 3430. The fourth-order valence-corrected chi connectivity index (χ4v) is 10.5. The number of aromatic nitrogens is 4. The van der Waals surface area contributed by atoms with Crippen LogP contribution in [0.1, 0.15) is 67.3 Å². The first-order chi connectivity index (χ1) is 31.5. The van der Waals surface area contributed by atoms with Gasteiger partial charge < -0.3 is 9.97 Å². The summed E-state index contributed by atoms with van der Waals surface area (Å²) in [6.07, 6.45) is 10.8. The Morgan fingerprint density at radius 3 is 1.28 bits per heavy atom. The van der Waals surface area contributed by atoms with Crippen LogP contribution in [0.5, 0.6) is 0 Å². The van der Waals surface area contributed by atoms with Gasteiger partial charge in [-0.25, -0.2) is 9.97 Å². The van der Waals surface area contributed by atoms with Crippen molar-refractivity contribution in [1.29, 1.82) is 0 Å². The van der Waals surface area contributed by atoms with Crippen LogP contribution in [0.3, 0.4) is 0 Å². The molecular formula is C59H47IN4S. The van der Waals surface area contributed by atoms with E-state index < -0.39 is 0 Å². The standard InChI is InChI=1S/C59H47IN4S/c1-34-29-36(3)54(37(4)30-34)58-50-25-21-46(61-50)56(42-15-13-40(14-16-42)11-12-41-9-8-10-45(33-41)65-7)47-22-26-51(62-47)59(55-38(5)31-35(2)32-39(55)6)53-28-24-49(64-53)57(48-23-27-52(58)63-48)43-17-19-44(60)20-18-43/h8-10,13-33,61,64H,1-7H3. The summed E-state index contributed by atoms with van der Waals surface area (Å²) in [6, 6.07) is 43.6. The van der Waals surface area contributed by atoms with Crippen molar-refractivity contribution in [1.82, 2.24) is 19.9 Å². The summed E-state index contributed by atoms with van der Waals surface area (Å²) in [5.41, 5.74) is 25.4. The van der Waals surface area contributed by atoms with Gasteiger partial charge in [-0.3, -0.25) is 0 Å². The van der Waals surface area contributed by atoms with Crippen molar-refractivity contribution >= 4 is 80.7 Å². The van der Waals surface area contributed by atoms with Gasteiger partial charge in [0.25, 0.3) is 0 Å². The Morgan fingerprint density at radius 2 is 0.831 bits per heavy atom. The number of H-pyrrole nitrogens is 2. The van der Waals surface area contributed by atoms with Gasteiger partial charge in [0.05, 0.1) is 22.8 Å². The van der Waals surface area contributed by atoms with Gasteiger partial charge in [0.15, 0.2) is 0 Å². The van der Waals surface area contributed by atoms with Gasteiger partial charge in [-0.1, -0.05) is 77.6 Å². The molecule has 3 aromatic heterocycles. The molecule has 2 aliphatic heterocycles. The van der Waals surface area contributed by atoms with Crippen molar-refractivity contribution in [2.45, 2.75) is 46.4 Å². The number of aromatic amines is 2. The van der Waals surface area contributed by atoms with Crippen LogP contribution in [0.15, 0.2) is 126 Å². The van der Waals surface area contributed by atoms with Crippen molar-refractivity contribution in [3.63, 3.8) is 0 Å². The summed E-state index contributed by atoms with van der Waals surface area (Å²) < 4.78 is 1.18. The van der Waals surface area contributed by atoms with Crippen molar-refractivity contribution < 1.29 is 0 Å². The van der Waals surface area contributed by atoms with E-state index in [0.29, 0.717) is 0 Å². The number of rotatable bonds is 5. The third-order valence-electron chi connectivity index (χ3n) is 12.3. The summed E-state index contributed by atoms with van der Waals surface area (Å²) in [5, 5.41) is 0. The van der Waals surface area contributed by atoms with Crippen molar-refractivity contribution in [3.8, 4) is 56.3 Å². The first-order valence-electron chi connectivity index (χ1n) is 21.9. The number of nitrogens with zero attached hydrogens (tertiary/aromatic N) is 2. The predicted octanol–water partition coefficient (Wildman–Crippen LogP) is 15.9. The zero-order valence-electron chi connectivity index (χ0n) is 37.5. The lowest BCUT2D eigenvalue weighted by Gasteiger charge is -2.13. The lowest BCUT2D eigenvalue weighted by Crippen LogP contribution is -1.95. The van der Waals surface area contributed by atoms with Crippen LogP contribution in [0.25, 0.3) is 90.9 Å². The lowest BCUT2D eigenvalue weighted by molar-refractivity contribution is 1.28. The normalized spacial score (nSPS) is 11.8. The number of thioether (sulfide) groups is 1. The molecule has 316 valence electrons. The summed E-state index contributed by atoms with van der Waals surface area (Å²) in [4.78, 5) is 20.2. The van der Waals surface area contributed by atoms with Crippen LogP contribution in [0.2, 0.25) is 0 Å². The summed E-state index contributed by atoms with van der Waals surface area (Å²) in [7, 11) is 0. The SMILES string of the molecule is CSc1cccc(C#Cc2ccc(-c3c4nc(c(-c5c(C)cc(C)cc5C)c5ccc([nH]5)c(-c5ccc(I)cc5)c5nc(c(-c6c(C)cc(C)cc6C)c6ccc3[nH]6)C=C5)C=C4)cc2)c1. The van der Waals surface area contributed by atoms with Gasteiger partial charge in [-0.05, 0) is 206 Å². The van der Waals surface area contributed by atoms with E-state index in [1.54, 1.807) is 11.8 Å². The minimum absolute atomic E-state index is 0.879. The van der Waals surface area contributed by atoms with Crippen LogP contribution in [-0.4, -0.2) is 26.2 Å². The van der Waals surface area contributed by atoms with E-state index in [9.17, 15) is 0 Å². The molecule has 0 fully saturated rings. The number of halogens is 1. The van der Waals surface area contributed by atoms with Crippen LogP contribution in [0, 0.1) is 57.0 Å². The van der Waals surface area contributed by atoms with E-state index >= 15 is 0 Å². The molecule has 4 nitrogen and oxygen atoms in total. The van der Waals surface area contributed by atoms with E-state index in [1.165, 1.54) is 53.0 Å². The average Bonchev–Trinajstić information content (AvgIpc) is 4.14. The first-order valence-corrected chi connectivity index (χ1v) is 24.2. The minimum atomic E-state index is 0.879. The maximum atomic E-state index is 5.58. The average molecular weight is 971 g/mol. The molecule has 0 radical (unpaired) electrons. The largest absolute Gasteiger partial charge is 0.354 e. The quantitative estimate of drug-likeness (QED) is 0.103. The second-order valence-electron chi connectivity index (χ2n) is 17.1. The number of hydrogen-bond donors (Lipinski definition) is 2. The molecule has 0 spiro atoms. The van der Waals surface area contributed by atoms with Crippen molar-refractivity contribution in [3.05, 3.63) is 192 Å². The highest BCUT2D eigenvalue weighted by Crippen LogP contribution is 2.41. The molecule has 0 saturated heterocycles.